The molecule has 0 atom stereocenters. The lowest BCUT2D eigenvalue weighted by atomic mass is 10.0. The zero-order valence-electron chi connectivity index (χ0n) is 9.91. The number of hydrogen-bond donors (Lipinski definition) is 0. The van der Waals surface area contributed by atoms with Crippen molar-refractivity contribution in [2.24, 2.45) is 0 Å². The van der Waals surface area contributed by atoms with Gasteiger partial charge in [0.2, 0.25) is 0 Å². The summed E-state index contributed by atoms with van der Waals surface area (Å²) in [5.41, 5.74) is 0.766. The van der Waals surface area contributed by atoms with Crippen molar-refractivity contribution in [2.75, 3.05) is 0 Å². The van der Waals surface area contributed by atoms with E-state index in [1.807, 2.05) is 65.5 Å². The molecule has 0 amide bonds. The number of carbonyl (C=O) groups is 1. The first kappa shape index (κ1) is 10.8. The van der Waals surface area contributed by atoms with Crippen LogP contribution in [0.15, 0.2) is 67.0 Å². The monoisotopic (exact) mass is 235 g/mol. The lowest BCUT2D eigenvalue weighted by Gasteiger charge is -2.04. The average molecular weight is 235 g/mol. The topological polar surface area (TPSA) is 22.0 Å². The van der Waals surface area contributed by atoms with Gasteiger partial charge < -0.3 is 4.57 Å². The summed E-state index contributed by atoms with van der Waals surface area (Å²) >= 11 is 0. The molecule has 0 saturated carbocycles. The number of fused-ring (bicyclic) bond motifs is 1. The lowest BCUT2D eigenvalue weighted by Crippen LogP contribution is -2.08. The molecule has 2 heteroatoms. The fraction of sp³-hybridized carbons (Fsp3) is 0.0625. The standard InChI is InChI=1S/C16H13NO/c18-16(12-17-9-3-4-10-17)15-8-7-13-5-1-2-6-14(13)11-15/h1-11H,12H2. The third-order valence-corrected chi connectivity index (χ3v) is 3.06. The van der Waals surface area contributed by atoms with E-state index in [4.69, 9.17) is 0 Å². The second kappa shape index (κ2) is 4.49. The van der Waals surface area contributed by atoms with E-state index >= 15 is 0 Å². The van der Waals surface area contributed by atoms with Gasteiger partial charge in [0.1, 0.15) is 0 Å². The zero-order chi connectivity index (χ0) is 12.4. The summed E-state index contributed by atoms with van der Waals surface area (Å²) in [7, 11) is 0. The van der Waals surface area contributed by atoms with Gasteiger partial charge in [-0.05, 0) is 29.0 Å². The molecule has 0 aliphatic heterocycles. The quantitative estimate of drug-likeness (QED) is 0.636. The summed E-state index contributed by atoms with van der Waals surface area (Å²) in [4.78, 5) is 12.1. The number of nitrogens with zero attached hydrogens (tertiary/aromatic N) is 1. The second-order valence-electron chi connectivity index (χ2n) is 4.34. The third-order valence-electron chi connectivity index (χ3n) is 3.06. The number of rotatable bonds is 3. The van der Waals surface area contributed by atoms with Crippen LogP contribution in [-0.4, -0.2) is 10.4 Å². The normalized spacial score (nSPS) is 10.7. The van der Waals surface area contributed by atoms with Crippen molar-refractivity contribution >= 4 is 16.6 Å². The van der Waals surface area contributed by atoms with Crippen LogP contribution in [0.4, 0.5) is 0 Å². The first-order chi connectivity index (χ1) is 8.83. The van der Waals surface area contributed by atoms with Crippen LogP contribution in [0.2, 0.25) is 0 Å². The molecule has 88 valence electrons. The Hall–Kier alpha value is -2.35. The number of carbonyl (C=O) groups excluding carboxylic acids is 1. The van der Waals surface area contributed by atoms with Crippen molar-refractivity contribution in [3.63, 3.8) is 0 Å². The minimum absolute atomic E-state index is 0.136. The van der Waals surface area contributed by atoms with Gasteiger partial charge in [-0.1, -0.05) is 36.4 Å². The van der Waals surface area contributed by atoms with E-state index in [-0.39, 0.29) is 5.78 Å². The molecule has 0 fully saturated rings. The average Bonchev–Trinajstić information content (AvgIpc) is 2.91. The zero-order valence-corrected chi connectivity index (χ0v) is 9.91. The Labute approximate surface area is 105 Å². The van der Waals surface area contributed by atoms with E-state index in [1.165, 1.54) is 0 Å². The number of aromatic nitrogens is 1. The first-order valence-electron chi connectivity index (χ1n) is 5.96. The molecule has 0 aliphatic rings. The van der Waals surface area contributed by atoms with Gasteiger partial charge in [0, 0.05) is 18.0 Å². The fourth-order valence-electron chi connectivity index (χ4n) is 2.10. The van der Waals surface area contributed by atoms with Crippen LogP contribution >= 0.6 is 0 Å². The van der Waals surface area contributed by atoms with Gasteiger partial charge in [-0.25, -0.2) is 0 Å². The van der Waals surface area contributed by atoms with E-state index < -0.39 is 0 Å². The summed E-state index contributed by atoms with van der Waals surface area (Å²) < 4.78 is 1.89. The Balaban J connectivity index is 1.92. The van der Waals surface area contributed by atoms with Gasteiger partial charge in [-0.3, -0.25) is 4.79 Å². The minimum Gasteiger partial charge on any atom is -0.347 e. The smallest absolute Gasteiger partial charge is 0.182 e. The first-order valence-corrected chi connectivity index (χ1v) is 5.96. The Morgan fingerprint density at radius 3 is 2.39 bits per heavy atom. The highest BCUT2D eigenvalue weighted by Crippen LogP contribution is 2.16. The molecular formula is C16H13NO. The molecule has 0 radical (unpaired) electrons. The van der Waals surface area contributed by atoms with Crippen molar-refractivity contribution in [1.29, 1.82) is 0 Å². The summed E-state index contributed by atoms with van der Waals surface area (Å²) in [5.74, 6) is 0.136. The van der Waals surface area contributed by atoms with Crippen LogP contribution in [0.5, 0.6) is 0 Å². The van der Waals surface area contributed by atoms with Crippen molar-refractivity contribution in [3.8, 4) is 0 Å². The largest absolute Gasteiger partial charge is 0.347 e. The number of ketones is 1. The highest BCUT2D eigenvalue weighted by Gasteiger charge is 2.06. The molecule has 3 rings (SSSR count). The summed E-state index contributed by atoms with van der Waals surface area (Å²) in [6, 6.07) is 17.8. The molecule has 0 saturated heterocycles. The van der Waals surface area contributed by atoms with Crippen LogP contribution in [0, 0.1) is 0 Å². The van der Waals surface area contributed by atoms with Gasteiger partial charge in [0.25, 0.3) is 0 Å². The van der Waals surface area contributed by atoms with Crippen LogP contribution in [0.25, 0.3) is 10.8 Å². The Morgan fingerprint density at radius 2 is 1.61 bits per heavy atom. The van der Waals surface area contributed by atoms with Gasteiger partial charge in [0.15, 0.2) is 5.78 Å². The molecular weight excluding hydrogens is 222 g/mol. The molecule has 1 aromatic heterocycles. The molecule has 3 aromatic rings. The number of hydrogen-bond acceptors (Lipinski definition) is 1. The summed E-state index contributed by atoms with van der Waals surface area (Å²) in [6.07, 6.45) is 3.80. The van der Waals surface area contributed by atoms with E-state index in [2.05, 4.69) is 6.07 Å². The van der Waals surface area contributed by atoms with Gasteiger partial charge in [0.05, 0.1) is 6.54 Å². The molecule has 0 bridgehead atoms. The molecule has 0 spiro atoms. The molecule has 0 N–H and O–H groups in total. The van der Waals surface area contributed by atoms with Crippen molar-refractivity contribution in [3.05, 3.63) is 72.6 Å². The van der Waals surface area contributed by atoms with Crippen LogP contribution in [-0.2, 0) is 6.54 Å². The predicted octanol–water partition coefficient (Wildman–Crippen LogP) is 3.52. The fourth-order valence-corrected chi connectivity index (χ4v) is 2.10. The second-order valence-corrected chi connectivity index (χ2v) is 4.34. The van der Waals surface area contributed by atoms with E-state index in [1.54, 1.807) is 0 Å². The molecule has 2 nitrogen and oxygen atoms in total. The molecule has 18 heavy (non-hydrogen) atoms. The number of benzene rings is 2. The van der Waals surface area contributed by atoms with Gasteiger partial charge in [-0.15, -0.1) is 0 Å². The van der Waals surface area contributed by atoms with E-state index in [0.29, 0.717) is 6.54 Å². The van der Waals surface area contributed by atoms with Crippen LogP contribution < -0.4 is 0 Å². The Kier molecular flexibility index (Phi) is 2.69. The van der Waals surface area contributed by atoms with Crippen molar-refractivity contribution in [1.82, 2.24) is 4.57 Å². The summed E-state index contributed by atoms with van der Waals surface area (Å²) in [5, 5.41) is 2.27. The molecule has 2 aromatic carbocycles. The Morgan fingerprint density at radius 1 is 0.889 bits per heavy atom. The third kappa shape index (κ3) is 2.05. The maximum atomic E-state index is 12.1. The lowest BCUT2D eigenvalue weighted by molar-refractivity contribution is 0.0972. The highest BCUT2D eigenvalue weighted by molar-refractivity contribution is 5.99. The van der Waals surface area contributed by atoms with Crippen LogP contribution in [0.3, 0.4) is 0 Å². The van der Waals surface area contributed by atoms with E-state index in [9.17, 15) is 4.79 Å². The van der Waals surface area contributed by atoms with Crippen molar-refractivity contribution < 1.29 is 4.79 Å². The number of Topliss-reactive ketones (excluding diaryl/α,β-unsaturated/α-hetero) is 1. The SMILES string of the molecule is O=C(Cn1cccc1)c1ccc2ccccc2c1. The van der Waals surface area contributed by atoms with Crippen LogP contribution in [0.1, 0.15) is 10.4 Å². The molecule has 0 unspecified atom stereocenters. The summed E-state index contributed by atoms with van der Waals surface area (Å²) in [6.45, 7) is 0.394. The Bertz CT molecular complexity index is 683. The van der Waals surface area contributed by atoms with E-state index in [0.717, 1.165) is 16.3 Å². The minimum atomic E-state index is 0.136. The molecule has 1 heterocycles. The highest BCUT2D eigenvalue weighted by atomic mass is 16.1. The van der Waals surface area contributed by atoms with Gasteiger partial charge >= 0.3 is 0 Å². The molecule has 0 aliphatic carbocycles. The maximum absolute atomic E-state index is 12.1. The maximum Gasteiger partial charge on any atom is 0.182 e. The van der Waals surface area contributed by atoms with Gasteiger partial charge in [-0.2, -0.15) is 0 Å². The van der Waals surface area contributed by atoms with Crippen molar-refractivity contribution in [2.45, 2.75) is 6.54 Å². The predicted molar refractivity (Wildman–Crippen MR) is 72.7 cm³/mol.